The smallest absolute Gasteiger partial charge is 0.269 e. The lowest BCUT2D eigenvalue weighted by Gasteiger charge is -1.95. The number of non-ortho nitro benzene ring substituents is 1. The van der Waals surface area contributed by atoms with E-state index in [0.29, 0.717) is 0 Å². The Bertz CT molecular complexity index is 286. The topological polar surface area (TPSA) is 70.8 Å². The van der Waals surface area contributed by atoms with E-state index in [4.69, 9.17) is 0 Å². The van der Waals surface area contributed by atoms with Gasteiger partial charge in [-0.25, -0.2) is 0 Å². The SMILES string of the molecule is [NH3+]CCc1cccc([N+](=O)[O-])c1. The Morgan fingerprint density at radius 3 is 2.83 bits per heavy atom. The summed E-state index contributed by atoms with van der Waals surface area (Å²) >= 11 is 0. The minimum atomic E-state index is -0.382. The normalized spacial score (nSPS) is 9.75. The van der Waals surface area contributed by atoms with Crippen LogP contribution in [-0.4, -0.2) is 11.5 Å². The highest BCUT2D eigenvalue weighted by atomic mass is 16.6. The van der Waals surface area contributed by atoms with Gasteiger partial charge in [-0.3, -0.25) is 10.1 Å². The molecule has 0 spiro atoms. The van der Waals surface area contributed by atoms with Crippen molar-refractivity contribution in [3.8, 4) is 0 Å². The van der Waals surface area contributed by atoms with Gasteiger partial charge in [0.1, 0.15) is 0 Å². The van der Waals surface area contributed by atoms with Gasteiger partial charge in [0.05, 0.1) is 11.5 Å². The largest absolute Gasteiger partial charge is 0.357 e. The van der Waals surface area contributed by atoms with Crippen LogP contribution in [0.25, 0.3) is 0 Å². The number of quaternary nitrogens is 1. The van der Waals surface area contributed by atoms with E-state index < -0.39 is 0 Å². The van der Waals surface area contributed by atoms with Crippen LogP contribution in [0.15, 0.2) is 24.3 Å². The molecule has 64 valence electrons. The van der Waals surface area contributed by atoms with Crippen molar-refractivity contribution in [1.82, 2.24) is 0 Å². The second kappa shape index (κ2) is 3.82. The number of nitro benzene ring substituents is 1. The van der Waals surface area contributed by atoms with E-state index in [1.165, 1.54) is 6.07 Å². The first-order valence-corrected chi connectivity index (χ1v) is 3.76. The van der Waals surface area contributed by atoms with Crippen molar-refractivity contribution in [2.24, 2.45) is 0 Å². The van der Waals surface area contributed by atoms with Crippen LogP contribution >= 0.6 is 0 Å². The maximum atomic E-state index is 10.3. The Hall–Kier alpha value is -1.42. The van der Waals surface area contributed by atoms with Crippen molar-refractivity contribution < 1.29 is 10.7 Å². The van der Waals surface area contributed by atoms with E-state index in [0.717, 1.165) is 18.5 Å². The lowest BCUT2D eigenvalue weighted by atomic mass is 10.1. The number of hydrogen-bond donors (Lipinski definition) is 1. The molecule has 0 aliphatic carbocycles. The summed E-state index contributed by atoms with van der Waals surface area (Å²) in [6.07, 6.45) is 0.793. The molecule has 0 aliphatic rings. The van der Waals surface area contributed by atoms with Gasteiger partial charge in [-0.15, -0.1) is 0 Å². The first kappa shape index (κ1) is 8.67. The lowest BCUT2D eigenvalue weighted by molar-refractivity contribution is -0.385. The molecular formula is C8H11N2O2+. The minimum absolute atomic E-state index is 0.154. The molecule has 0 heterocycles. The Kier molecular flexibility index (Phi) is 2.76. The Morgan fingerprint density at radius 2 is 2.25 bits per heavy atom. The fraction of sp³-hybridized carbons (Fsp3) is 0.250. The number of benzene rings is 1. The van der Waals surface area contributed by atoms with Crippen LogP contribution < -0.4 is 5.73 Å². The maximum absolute atomic E-state index is 10.3. The molecule has 0 radical (unpaired) electrons. The van der Waals surface area contributed by atoms with E-state index in [-0.39, 0.29) is 10.6 Å². The zero-order valence-electron chi connectivity index (χ0n) is 6.69. The molecule has 0 atom stereocenters. The first-order valence-electron chi connectivity index (χ1n) is 3.76. The van der Waals surface area contributed by atoms with Gasteiger partial charge in [0.2, 0.25) is 0 Å². The highest BCUT2D eigenvalue weighted by Gasteiger charge is 2.04. The molecule has 1 aromatic rings. The van der Waals surface area contributed by atoms with Crippen LogP contribution in [0, 0.1) is 10.1 Å². The molecule has 0 aromatic heterocycles. The molecule has 0 saturated heterocycles. The predicted molar refractivity (Wildman–Crippen MR) is 44.6 cm³/mol. The molecule has 0 bridgehead atoms. The summed E-state index contributed by atoms with van der Waals surface area (Å²) in [5.74, 6) is 0. The zero-order valence-corrected chi connectivity index (χ0v) is 6.69. The Labute approximate surface area is 70.2 Å². The third-order valence-corrected chi connectivity index (χ3v) is 1.59. The average molecular weight is 167 g/mol. The molecule has 0 amide bonds. The van der Waals surface area contributed by atoms with Gasteiger partial charge in [-0.2, -0.15) is 0 Å². The number of nitro groups is 1. The van der Waals surface area contributed by atoms with E-state index in [9.17, 15) is 10.1 Å². The Balaban J connectivity index is 2.88. The summed E-state index contributed by atoms with van der Waals surface area (Å²) in [5, 5.41) is 10.3. The molecule has 0 saturated carbocycles. The molecular weight excluding hydrogens is 156 g/mol. The summed E-state index contributed by atoms with van der Waals surface area (Å²) < 4.78 is 0. The number of nitrogens with zero attached hydrogens (tertiary/aromatic N) is 1. The third-order valence-electron chi connectivity index (χ3n) is 1.59. The van der Waals surface area contributed by atoms with Gasteiger partial charge in [0, 0.05) is 18.6 Å². The second-order valence-electron chi connectivity index (χ2n) is 2.53. The third kappa shape index (κ3) is 2.03. The summed E-state index contributed by atoms with van der Waals surface area (Å²) in [7, 11) is 0. The Morgan fingerprint density at radius 1 is 1.50 bits per heavy atom. The molecule has 3 N–H and O–H groups in total. The van der Waals surface area contributed by atoms with Crippen LogP contribution in [0.4, 0.5) is 5.69 Å². The van der Waals surface area contributed by atoms with Crippen molar-refractivity contribution in [2.75, 3.05) is 6.54 Å². The summed E-state index contributed by atoms with van der Waals surface area (Å²) in [6.45, 7) is 0.765. The number of hydrogen-bond acceptors (Lipinski definition) is 2. The monoisotopic (exact) mass is 167 g/mol. The van der Waals surface area contributed by atoms with E-state index in [2.05, 4.69) is 5.73 Å². The summed E-state index contributed by atoms with van der Waals surface area (Å²) in [4.78, 5) is 9.96. The van der Waals surface area contributed by atoms with Crippen LogP contribution in [0.5, 0.6) is 0 Å². The van der Waals surface area contributed by atoms with Gasteiger partial charge in [-0.05, 0) is 5.56 Å². The van der Waals surface area contributed by atoms with Gasteiger partial charge >= 0.3 is 0 Å². The summed E-state index contributed by atoms with van der Waals surface area (Å²) in [6, 6.07) is 6.65. The highest BCUT2D eigenvalue weighted by molar-refractivity contribution is 5.34. The molecule has 0 fully saturated rings. The quantitative estimate of drug-likeness (QED) is 0.522. The van der Waals surface area contributed by atoms with E-state index in [1.54, 1.807) is 12.1 Å². The average Bonchev–Trinajstić information content (AvgIpc) is 2.05. The van der Waals surface area contributed by atoms with E-state index >= 15 is 0 Å². The van der Waals surface area contributed by atoms with Crippen LogP contribution in [-0.2, 0) is 6.42 Å². The molecule has 0 aliphatic heterocycles. The molecule has 12 heavy (non-hydrogen) atoms. The van der Waals surface area contributed by atoms with Crippen molar-refractivity contribution in [3.05, 3.63) is 39.9 Å². The predicted octanol–water partition coefficient (Wildman–Crippen LogP) is 0.379. The fourth-order valence-corrected chi connectivity index (χ4v) is 1.03. The van der Waals surface area contributed by atoms with Crippen LogP contribution in [0.2, 0.25) is 0 Å². The molecule has 4 heteroatoms. The standard InChI is InChI=1S/C8H10N2O2/c9-5-4-7-2-1-3-8(6-7)10(11)12/h1-3,6H,4-5,9H2/p+1. The first-order chi connectivity index (χ1) is 5.74. The highest BCUT2D eigenvalue weighted by Crippen LogP contribution is 2.12. The van der Waals surface area contributed by atoms with Crippen LogP contribution in [0.3, 0.4) is 0 Å². The number of rotatable bonds is 3. The molecule has 1 aromatic carbocycles. The van der Waals surface area contributed by atoms with Crippen LogP contribution in [0.1, 0.15) is 5.56 Å². The van der Waals surface area contributed by atoms with Gasteiger partial charge < -0.3 is 5.73 Å². The van der Waals surface area contributed by atoms with Crippen molar-refractivity contribution in [1.29, 1.82) is 0 Å². The molecule has 4 nitrogen and oxygen atoms in total. The summed E-state index contributed by atoms with van der Waals surface area (Å²) in [5.41, 5.74) is 4.81. The van der Waals surface area contributed by atoms with Gasteiger partial charge in [-0.1, -0.05) is 12.1 Å². The lowest BCUT2D eigenvalue weighted by Crippen LogP contribution is -2.51. The minimum Gasteiger partial charge on any atom is -0.357 e. The van der Waals surface area contributed by atoms with Crippen molar-refractivity contribution in [3.63, 3.8) is 0 Å². The van der Waals surface area contributed by atoms with E-state index in [1.807, 2.05) is 6.07 Å². The molecule has 0 unspecified atom stereocenters. The van der Waals surface area contributed by atoms with Gasteiger partial charge in [0.15, 0.2) is 0 Å². The zero-order chi connectivity index (χ0) is 8.97. The van der Waals surface area contributed by atoms with Gasteiger partial charge in [0.25, 0.3) is 5.69 Å². The second-order valence-corrected chi connectivity index (χ2v) is 2.53. The maximum Gasteiger partial charge on any atom is 0.269 e. The van der Waals surface area contributed by atoms with Crippen molar-refractivity contribution >= 4 is 5.69 Å². The van der Waals surface area contributed by atoms with Crippen molar-refractivity contribution in [2.45, 2.75) is 6.42 Å². The fourth-order valence-electron chi connectivity index (χ4n) is 1.03. The molecule has 1 rings (SSSR count).